The molecule has 4 heterocycles. The van der Waals surface area contributed by atoms with Crippen LogP contribution in [0.15, 0.2) is 77.7 Å². The van der Waals surface area contributed by atoms with E-state index >= 15 is 0 Å². The monoisotopic (exact) mass is 1120 g/mol. The Morgan fingerprint density at radius 2 is 1.62 bits per heavy atom. The van der Waals surface area contributed by atoms with Gasteiger partial charge >= 0.3 is 0 Å². The molecule has 4 aliphatic rings. The highest BCUT2D eigenvalue weighted by molar-refractivity contribution is 6.03. The van der Waals surface area contributed by atoms with Crippen LogP contribution in [0.2, 0.25) is 0 Å². The van der Waals surface area contributed by atoms with E-state index in [4.69, 9.17) is 18.6 Å². The molecule has 0 saturated heterocycles. The fourth-order valence-electron chi connectivity index (χ4n) is 11.2. The summed E-state index contributed by atoms with van der Waals surface area (Å²) >= 11 is 0. The first-order chi connectivity index (χ1) is 39.1. The van der Waals surface area contributed by atoms with E-state index in [-0.39, 0.29) is 53.4 Å². The summed E-state index contributed by atoms with van der Waals surface area (Å²) in [6, 6.07) is 15.6. The number of likely N-dealkylation sites (N-methyl/N-ethyl adjacent to an activating group) is 1. The highest BCUT2D eigenvalue weighted by Crippen LogP contribution is 2.38. The van der Waals surface area contributed by atoms with Crippen LogP contribution in [0.25, 0.3) is 11.5 Å². The maximum atomic E-state index is 14.7. The fourth-order valence-corrected chi connectivity index (χ4v) is 11.2. The summed E-state index contributed by atoms with van der Waals surface area (Å²) in [5, 5.41) is 19.6. The molecule has 1 aliphatic heterocycles. The first kappa shape index (κ1) is 59.0. The lowest BCUT2D eigenvalue weighted by atomic mass is 9.78. The van der Waals surface area contributed by atoms with Crippen molar-refractivity contribution in [1.29, 1.82) is 0 Å². The molecule has 4 atom stereocenters. The van der Waals surface area contributed by atoms with Gasteiger partial charge in [-0.05, 0) is 148 Å². The van der Waals surface area contributed by atoms with Crippen LogP contribution in [0.4, 0.5) is 20.3 Å². The number of rotatable bonds is 27. The Labute approximate surface area is 473 Å². The van der Waals surface area contributed by atoms with E-state index < -0.39 is 41.6 Å². The second kappa shape index (κ2) is 27.4. The maximum Gasteiger partial charge on any atom is 0.284 e. The fraction of sp³-hybridized carbons (Fsp3) is 0.557. The van der Waals surface area contributed by atoms with Gasteiger partial charge in [0.25, 0.3) is 12.3 Å². The molecule has 0 unspecified atom stereocenters. The summed E-state index contributed by atoms with van der Waals surface area (Å²) in [7, 11) is 1.70. The summed E-state index contributed by atoms with van der Waals surface area (Å²) in [5.41, 5.74) is 3.84. The third-order valence-electron chi connectivity index (χ3n) is 16.3. The largest absolute Gasteiger partial charge is 0.491 e. The average molecular weight is 1120 g/mol. The number of carbonyl (C=O) groups excluding carboxylic acids is 4. The standard InChI is InChI=1S/C61H80F2N10O8/c1-38(64-5)57(75)70-55(61(2,3)4)60(77)72-35-45-29-47(20-17-42(45)30-51(72)52(74)31-43-11-8-10-41-9-6-7-12-48(41)43)80-28-27-79-26-25-78-24-23-65-33-39-15-18-46(19-16-39)73-36-49(54(71-73)56(62)63)68-58(76)50-37-81-59(69-50)44-21-22-66-53(32-44)67-34-40-13-14-40/h6-7,9,12,17,20-22,29,32,36-40,43,46,51,55-56,64-65H,8,10-11,13-16,18-19,23-28,30-31,33-35H2,1-5H3,(H,66,67)(H,68,76)(H,70,75)/t38-,39?,43-,46?,51-,55+/m0/s1. The van der Waals surface area contributed by atoms with Crippen molar-refractivity contribution in [3.05, 3.63) is 107 Å². The number of amides is 3. The van der Waals surface area contributed by atoms with Crippen LogP contribution >= 0.6 is 0 Å². The average Bonchev–Trinajstić information content (AvgIpc) is 4.08. The molecule has 81 heavy (non-hydrogen) atoms. The van der Waals surface area contributed by atoms with Gasteiger partial charge in [-0.3, -0.25) is 23.9 Å². The van der Waals surface area contributed by atoms with Crippen LogP contribution in [0.3, 0.4) is 0 Å². The zero-order valence-corrected chi connectivity index (χ0v) is 47.4. The predicted octanol–water partition coefficient (Wildman–Crippen LogP) is 8.85. The lowest BCUT2D eigenvalue weighted by molar-refractivity contribution is -0.146. The van der Waals surface area contributed by atoms with Crippen molar-refractivity contribution in [1.82, 2.24) is 40.6 Å². The smallest absolute Gasteiger partial charge is 0.284 e. The third-order valence-corrected chi connectivity index (χ3v) is 16.3. The van der Waals surface area contributed by atoms with E-state index in [0.717, 1.165) is 69.2 Å². The number of Topliss-reactive ketones (excluding diaryl/α,β-unsaturated/α-hetero) is 1. The number of benzene rings is 2. The molecule has 0 spiro atoms. The summed E-state index contributed by atoms with van der Waals surface area (Å²) in [6.45, 7) is 12.0. The molecule has 3 amide bonds. The van der Waals surface area contributed by atoms with E-state index in [1.54, 1.807) is 41.9 Å². The number of hydrogen-bond acceptors (Lipinski definition) is 14. The van der Waals surface area contributed by atoms with E-state index in [1.165, 1.54) is 36.4 Å². The predicted molar refractivity (Wildman–Crippen MR) is 303 cm³/mol. The Kier molecular flexibility index (Phi) is 20.0. The highest BCUT2D eigenvalue weighted by Gasteiger charge is 2.43. The lowest BCUT2D eigenvalue weighted by Crippen LogP contribution is -2.60. The van der Waals surface area contributed by atoms with Gasteiger partial charge in [-0.2, -0.15) is 5.10 Å². The minimum Gasteiger partial charge on any atom is -0.491 e. The SMILES string of the molecule is CN[C@@H](C)C(=O)N[C@H](C(=O)N1Cc2cc(OCCOCCOCCNCC3CCC(n4cc(NC(=O)c5coc(-c6ccnc(NCC7CC7)c6)n5)c(C(F)F)n4)CC3)ccc2C[C@H]1C(=O)C[C@@H]1CCCc2ccccc21)C(C)(C)C. The normalized spacial score (nSPS) is 19.8. The number of nitrogens with one attached hydrogen (secondary N) is 5. The number of anilines is 2. The molecule has 5 N–H and O–H groups in total. The van der Waals surface area contributed by atoms with Crippen LogP contribution in [0.1, 0.15) is 142 Å². The minimum absolute atomic E-state index is 0.0309. The Balaban J connectivity index is 0.677. The molecule has 20 heteroatoms. The van der Waals surface area contributed by atoms with Gasteiger partial charge in [0.2, 0.25) is 17.7 Å². The van der Waals surface area contributed by atoms with Crippen molar-refractivity contribution in [3.63, 3.8) is 0 Å². The number of carbonyl (C=O) groups is 4. The van der Waals surface area contributed by atoms with Crippen LogP contribution in [-0.4, -0.2) is 126 Å². The zero-order chi connectivity index (χ0) is 57.0. The second-order valence-corrected chi connectivity index (χ2v) is 23.3. The maximum absolute atomic E-state index is 14.7. The molecule has 0 bridgehead atoms. The van der Waals surface area contributed by atoms with Gasteiger partial charge in [0.15, 0.2) is 17.2 Å². The van der Waals surface area contributed by atoms with Gasteiger partial charge in [-0.15, -0.1) is 0 Å². The van der Waals surface area contributed by atoms with Gasteiger partial charge in [0, 0.05) is 50.4 Å². The first-order valence-electron chi connectivity index (χ1n) is 29.0. The quantitative estimate of drug-likeness (QED) is 0.0311. The number of halogens is 2. The van der Waals surface area contributed by atoms with Crippen molar-refractivity contribution < 1.29 is 46.6 Å². The van der Waals surface area contributed by atoms with E-state index in [1.807, 2.05) is 45.0 Å². The van der Waals surface area contributed by atoms with Crippen LogP contribution in [0.5, 0.6) is 5.75 Å². The van der Waals surface area contributed by atoms with Crippen molar-refractivity contribution >= 4 is 35.0 Å². The Morgan fingerprint density at radius 3 is 2.38 bits per heavy atom. The van der Waals surface area contributed by atoms with Gasteiger partial charge in [0.05, 0.1) is 50.2 Å². The Hall–Kier alpha value is -6.61. The Bertz CT molecular complexity index is 2930. The topological polar surface area (TPSA) is 216 Å². The first-order valence-corrected chi connectivity index (χ1v) is 29.0. The van der Waals surface area contributed by atoms with Crippen molar-refractivity contribution in [2.75, 3.05) is 70.3 Å². The van der Waals surface area contributed by atoms with Crippen LogP contribution in [0, 0.1) is 17.3 Å². The number of pyridine rings is 1. The molecular weight excluding hydrogens is 1040 g/mol. The number of hydrogen-bond donors (Lipinski definition) is 5. The van der Waals surface area contributed by atoms with Crippen molar-refractivity contribution in [3.8, 4) is 17.2 Å². The minimum atomic E-state index is -2.88. The Morgan fingerprint density at radius 1 is 0.864 bits per heavy atom. The number of oxazole rings is 1. The van der Waals surface area contributed by atoms with E-state index in [2.05, 4.69) is 59.8 Å². The van der Waals surface area contributed by atoms with Crippen LogP contribution < -0.4 is 31.3 Å². The summed E-state index contributed by atoms with van der Waals surface area (Å²) in [5.74, 6) is 1.51. The van der Waals surface area contributed by atoms with E-state index in [0.29, 0.717) is 81.4 Å². The molecule has 18 nitrogen and oxygen atoms in total. The van der Waals surface area contributed by atoms with Crippen LogP contribution in [-0.2, 0) is 43.2 Å². The molecule has 2 saturated carbocycles. The molecule has 2 aromatic carbocycles. The number of aryl methyl sites for hydroxylation is 1. The molecule has 3 aliphatic carbocycles. The summed E-state index contributed by atoms with van der Waals surface area (Å²) < 4.78 is 53.3. The molecule has 436 valence electrons. The number of nitrogens with zero attached hydrogens (tertiary/aromatic N) is 5. The zero-order valence-electron chi connectivity index (χ0n) is 47.4. The molecule has 2 fully saturated rings. The summed E-state index contributed by atoms with van der Waals surface area (Å²) in [4.78, 5) is 66.0. The van der Waals surface area contributed by atoms with Gasteiger partial charge < -0.3 is 50.1 Å². The second-order valence-electron chi connectivity index (χ2n) is 23.3. The molecule has 9 rings (SSSR count). The third kappa shape index (κ3) is 15.7. The van der Waals surface area contributed by atoms with Crippen molar-refractivity contribution in [2.45, 2.75) is 141 Å². The van der Waals surface area contributed by atoms with Gasteiger partial charge in [0.1, 0.15) is 30.5 Å². The number of ether oxygens (including phenoxy) is 3. The lowest BCUT2D eigenvalue weighted by Gasteiger charge is -2.41. The van der Waals surface area contributed by atoms with Gasteiger partial charge in [-0.25, -0.2) is 18.7 Å². The molecule has 3 aromatic heterocycles. The number of ketones is 1. The molecule has 5 aromatic rings. The van der Waals surface area contributed by atoms with Gasteiger partial charge in [-0.1, -0.05) is 51.1 Å². The molecular formula is C61H80F2N10O8. The number of alkyl halides is 2. The van der Waals surface area contributed by atoms with Crippen molar-refractivity contribution in [2.24, 2.45) is 17.3 Å². The number of aromatic nitrogens is 4. The molecule has 0 radical (unpaired) electrons. The highest BCUT2D eigenvalue weighted by atomic mass is 19.3. The van der Waals surface area contributed by atoms with E-state index in [9.17, 15) is 28.0 Å². The summed E-state index contributed by atoms with van der Waals surface area (Å²) in [6.07, 6.45) is 10.9. The number of fused-ring (bicyclic) bond motifs is 2.